The number of piperidine rings is 1. The highest BCUT2D eigenvalue weighted by Crippen LogP contribution is 2.35. The number of amides is 1. The zero-order valence-corrected chi connectivity index (χ0v) is 21.6. The molecule has 1 aliphatic carbocycles. The molecule has 7 heteroatoms. The summed E-state index contributed by atoms with van der Waals surface area (Å²) in [6.07, 6.45) is 8.32. The number of hydrogen-bond acceptors (Lipinski definition) is 6. The van der Waals surface area contributed by atoms with Crippen molar-refractivity contribution in [2.75, 3.05) is 44.1 Å². The summed E-state index contributed by atoms with van der Waals surface area (Å²) >= 11 is 0. The van der Waals surface area contributed by atoms with Crippen molar-refractivity contribution in [2.24, 2.45) is 0 Å². The molecule has 35 heavy (non-hydrogen) atoms. The van der Waals surface area contributed by atoms with Crippen molar-refractivity contribution in [1.29, 1.82) is 0 Å². The Morgan fingerprint density at radius 1 is 1.09 bits per heavy atom. The standard InChI is InChI=1S/C28H36N6O/c1-18-7-6-8-19(2)25(18)34-17-33(5)26-24(27(34)35)16-29-28(31-26)30-22-9-10-23(20(3)15-22)21-11-13-32(4)14-12-21/h7,9-10,15-16,21H,6,8,11-14,17H2,1-5H3,(H,29,30,31). The number of carbonyl (C=O) groups is 1. The number of hydrogen-bond donors (Lipinski definition) is 1. The second-order valence-corrected chi connectivity index (χ2v) is 10.3. The predicted molar refractivity (Wildman–Crippen MR) is 141 cm³/mol. The van der Waals surface area contributed by atoms with Gasteiger partial charge in [0.05, 0.1) is 6.67 Å². The van der Waals surface area contributed by atoms with Gasteiger partial charge in [-0.25, -0.2) is 4.98 Å². The zero-order valence-electron chi connectivity index (χ0n) is 21.6. The number of allylic oxidation sites excluding steroid dienone is 3. The van der Waals surface area contributed by atoms with E-state index in [1.54, 1.807) is 6.20 Å². The van der Waals surface area contributed by atoms with Crippen LogP contribution in [0.1, 0.15) is 66.9 Å². The first-order chi connectivity index (χ1) is 16.8. The Balaban J connectivity index is 1.35. The highest BCUT2D eigenvalue weighted by atomic mass is 16.2. The van der Waals surface area contributed by atoms with Gasteiger partial charge in [0.15, 0.2) is 0 Å². The molecule has 1 aromatic carbocycles. The molecule has 1 fully saturated rings. The Kier molecular flexibility index (Phi) is 6.36. The normalized spacial score (nSPS) is 19.7. The van der Waals surface area contributed by atoms with Crippen LogP contribution >= 0.6 is 0 Å². The molecule has 3 aliphatic rings. The molecule has 0 bridgehead atoms. The molecule has 3 heterocycles. The highest BCUT2D eigenvalue weighted by molar-refractivity contribution is 6.01. The number of carbonyl (C=O) groups excluding carboxylic acids is 1. The molecule has 1 aromatic heterocycles. The quantitative estimate of drug-likeness (QED) is 0.660. The van der Waals surface area contributed by atoms with Crippen LogP contribution in [0.3, 0.4) is 0 Å². The van der Waals surface area contributed by atoms with Gasteiger partial charge in [-0.1, -0.05) is 12.1 Å². The largest absolute Gasteiger partial charge is 0.341 e. The first kappa shape index (κ1) is 23.5. The number of nitrogens with one attached hydrogen (secondary N) is 1. The Bertz CT molecular complexity index is 1210. The Morgan fingerprint density at radius 3 is 2.57 bits per heavy atom. The van der Waals surface area contributed by atoms with E-state index in [1.165, 1.54) is 29.5 Å². The molecular weight excluding hydrogens is 436 g/mol. The van der Waals surface area contributed by atoms with Crippen molar-refractivity contribution < 1.29 is 4.79 Å². The summed E-state index contributed by atoms with van der Waals surface area (Å²) in [5, 5.41) is 3.36. The van der Waals surface area contributed by atoms with Gasteiger partial charge in [0.1, 0.15) is 11.4 Å². The third-order valence-corrected chi connectivity index (χ3v) is 7.66. The van der Waals surface area contributed by atoms with E-state index >= 15 is 0 Å². The van der Waals surface area contributed by atoms with Gasteiger partial charge in [0.25, 0.3) is 5.91 Å². The van der Waals surface area contributed by atoms with Crippen molar-refractivity contribution in [3.63, 3.8) is 0 Å². The van der Waals surface area contributed by atoms with Gasteiger partial charge in [-0.3, -0.25) is 9.69 Å². The first-order valence-electron chi connectivity index (χ1n) is 12.6. The van der Waals surface area contributed by atoms with Gasteiger partial charge in [-0.15, -0.1) is 0 Å². The monoisotopic (exact) mass is 472 g/mol. The van der Waals surface area contributed by atoms with E-state index in [0.717, 1.165) is 42.9 Å². The van der Waals surface area contributed by atoms with Gasteiger partial charge in [-0.2, -0.15) is 4.98 Å². The first-order valence-corrected chi connectivity index (χ1v) is 12.6. The van der Waals surface area contributed by atoms with Gasteiger partial charge >= 0.3 is 0 Å². The molecule has 1 saturated heterocycles. The fourth-order valence-electron chi connectivity index (χ4n) is 5.70. The fraction of sp³-hybridized carbons (Fsp3) is 0.464. The molecule has 7 nitrogen and oxygen atoms in total. The number of likely N-dealkylation sites (tertiary alicyclic amines) is 1. The number of benzene rings is 1. The lowest BCUT2D eigenvalue weighted by Gasteiger charge is -2.38. The minimum Gasteiger partial charge on any atom is -0.341 e. The molecule has 0 unspecified atom stereocenters. The van der Waals surface area contributed by atoms with Crippen molar-refractivity contribution >= 4 is 23.4 Å². The van der Waals surface area contributed by atoms with Crippen molar-refractivity contribution in [3.8, 4) is 0 Å². The molecule has 184 valence electrons. The highest BCUT2D eigenvalue weighted by Gasteiger charge is 2.33. The minimum absolute atomic E-state index is 0.0352. The molecule has 1 amide bonds. The third-order valence-electron chi connectivity index (χ3n) is 7.66. The molecule has 2 aliphatic heterocycles. The average molecular weight is 473 g/mol. The number of aryl methyl sites for hydroxylation is 1. The molecular formula is C28H36N6O. The molecule has 0 radical (unpaired) electrons. The SMILES string of the molecule is CC1=CCCC(C)=C1N1CN(C)c2nc(Nc3ccc(C4CCN(C)CC4)c(C)c3)ncc2C1=O. The van der Waals surface area contributed by atoms with E-state index in [-0.39, 0.29) is 5.91 Å². The number of anilines is 3. The third kappa shape index (κ3) is 4.57. The minimum atomic E-state index is -0.0352. The van der Waals surface area contributed by atoms with E-state index in [1.807, 2.05) is 16.8 Å². The average Bonchev–Trinajstić information content (AvgIpc) is 2.83. The number of rotatable bonds is 4. The molecule has 0 saturated carbocycles. The van der Waals surface area contributed by atoms with Crippen LogP contribution in [0.5, 0.6) is 0 Å². The van der Waals surface area contributed by atoms with E-state index in [2.05, 4.69) is 67.3 Å². The number of nitrogens with zero attached hydrogens (tertiary/aromatic N) is 5. The second kappa shape index (κ2) is 9.46. The second-order valence-electron chi connectivity index (χ2n) is 10.3. The maximum absolute atomic E-state index is 13.4. The van der Waals surface area contributed by atoms with Crippen LogP contribution in [0.15, 0.2) is 47.3 Å². The zero-order chi connectivity index (χ0) is 24.7. The molecule has 0 atom stereocenters. The molecule has 2 aromatic rings. The van der Waals surface area contributed by atoms with E-state index in [9.17, 15) is 4.79 Å². The fourth-order valence-corrected chi connectivity index (χ4v) is 5.70. The summed E-state index contributed by atoms with van der Waals surface area (Å²) in [5.41, 5.74) is 7.71. The van der Waals surface area contributed by atoms with Gasteiger partial charge in [0, 0.05) is 24.6 Å². The maximum atomic E-state index is 13.4. The summed E-state index contributed by atoms with van der Waals surface area (Å²) in [6.45, 7) is 9.19. The molecule has 0 spiro atoms. The van der Waals surface area contributed by atoms with Crippen molar-refractivity contribution in [2.45, 2.75) is 52.4 Å². The predicted octanol–water partition coefficient (Wildman–Crippen LogP) is 5.20. The van der Waals surface area contributed by atoms with Crippen LogP contribution < -0.4 is 10.2 Å². The summed E-state index contributed by atoms with van der Waals surface area (Å²) in [7, 11) is 4.18. The Hall–Kier alpha value is -3.19. The number of aromatic nitrogens is 2. The number of fused-ring (bicyclic) bond motifs is 1. The van der Waals surface area contributed by atoms with Crippen LogP contribution in [-0.4, -0.2) is 59.5 Å². The van der Waals surface area contributed by atoms with Crippen LogP contribution in [0, 0.1) is 6.92 Å². The topological polar surface area (TPSA) is 64.6 Å². The molecule has 1 N–H and O–H groups in total. The van der Waals surface area contributed by atoms with Crippen LogP contribution in [0.25, 0.3) is 0 Å². The van der Waals surface area contributed by atoms with E-state index in [4.69, 9.17) is 4.98 Å². The van der Waals surface area contributed by atoms with Gasteiger partial charge in [0.2, 0.25) is 5.95 Å². The van der Waals surface area contributed by atoms with E-state index in [0.29, 0.717) is 29.9 Å². The Morgan fingerprint density at radius 2 is 1.86 bits per heavy atom. The van der Waals surface area contributed by atoms with Gasteiger partial charge in [-0.05, 0) is 107 Å². The van der Waals surface area contributed by atoms with Gasteiger partial charge < -0.3 is 15.1 Å². The molecule has 5 rings (SSSR count). The Labute approximate surface area is 208 Å². The maximum Gasteiger partial charge on any atom is 0.265 e. The van der Waals surface area contributed by atoms with E-state index < -0.39 is 0 Å². The van der Waals surface area contributed by atoms with Crippen molar-refractivity contribution in [1.82, 2.24) is 19.8 Å². The summed E-state index contributed by atoms with van der Waals surface area (Å²) in [5.74, 6) is 1.77. The lowest BCUT2D eigenvalue weighted by molar-refractivity contribution is 0.0794. The smallest absolute Gasteiger partial charge is 0.265 e. The van der Waals surface area contributed by atoms with Crippen LogP contribution in [0.4, 0.5) is 17.5 Å². The van der Waals surface area contributed by atoms with Crippen molar-refractivity contribution in [3.05, 3.63) is 64.0 Å². The lowest BCUT2D eigenvalue weighted by atomic mass is 9.87. The summed E-state index contributed by atoms with van der Waals surface area (Å²) < 4.78 is 0. The van der Waals surface area contributed by atoms with Crippen LogP contribution in [0.2, 0.25) is 0 Å². The van der Waals surface area contributed by atoms with Crippen LogP contribution in [-0.2, 0) is 0 Å². The summed E-state index contributed by atoms with van der Waals surface area (Å²) in [4.78, 5) is 28.9. The summed E-state index contributed by atoms with van der Waals surface area (Å²) in [6, 6.07) is 6.55. The lowest BCUT2D eigenvalue weighted by Crippen LogP contribution is -2.45.